The van der Waals surface area contributed by atoms with Crippen molar-refractivity contribution >= 4 is 34.9 Å². The topological polar surface area (TPSA) is 81.8 Å². The van der Waals surface area contributed by atoms with E-state index in [1.165, 1.54) is 42.6 Å². The lowest BCUT2D eigenvalue weighted by molar-refractivity contribution is 0.255. The fourth-order valence-corrected chi connectivity index (χ4v) is 4.47. The molecular weight excluding hydrogens is 446 g/mol. The summed E-state index contributed by atoms with van der Waals surface area (Å²) in [5.74, 6) is 2.32. The molecule has 0 bridgehead atoms. The molecule has 0 spiro atoms. The van der Waals surface area contributed by atoms with E-state index in [2.05, 4.69) is 68.7 Å². The highest BCUT2D eigenvalue weighted by Gasteiger charge is 2.22. The van der Waals surface area contributed by atoms with E-state index in [0.717, 1.165) is 24.2 Å². The second-order valence-corrected chi connectivity index (χ2v) is 9.18. The van der Waals surface area contributed by atoms with Crippen molar-refractivity contribution in [3.63, 3.8) is 0 Å². The Morgan fingerprint density at radius 2 is 1.85 bits per heavy atom. The van der Waals surface area contributed by atoms with Crippen molar-refractivity contribution in [1.82, 2.24) is 25.1 Å². The summed E-state index contributed by atoms with van der Waals surface area (Å²) in [5, 5.41) is 14.1. The third-order valence-corrected chi connectivity index (χ3v) is 6.38. The fourth-order valence-electron chi connectivity index (χ4n) is 4.33. The smallest absolute Gasteiger partial charge is 0.229 e. The van der Waals surface area contributed by atoms with E-state index >= 15 is 0 Å². The summed E-state index contributed by atoms with van der Waals surface area (Å²) in [6, 6.07) is 6.55. The van der Waals surface area contributed by atoms with E-state index < -0.39 is 0 Å². The normalized spacial score (nSPS) is 14.4. The van der Waals surface area contributed by atoms with Crippen LogP contribution in [0.2, 0.25) is 5.02 Å². The number of anilines is 4. The van der Waals surface area contributed by atoms with Crippen LogP contribution in [0.1, 0.15) is 68.3 Å². The van der Waals surface area contributed by atoms with Crippen LogP contribution < -0.4 is 10.6 Å². The predicted octanol–water partition coefficient (Wildman–Crippen LogP) is 6.75. The lowest BCUT2D eigenvalue weighted by atomic mass is 9.84. The molecule has 0 aliphatic carbocycles. The molecule has 4 rings (SSSR count). The third kappa shape index (κ3) is 6.48. The van der Waals surface area contributed by atoms with Gasteiger partial charge in [-0.05, 0) is 81.9 Å². The lowest BCUT2D eigenvalue weighted by Gasteiger charge is -2.31. The Bertz CT molecular complexity index is 1070. The van der Waals surface area contributed by atoms with Crippen molar-refractivity contribution in [3.05, 3.63) is 51.8 Å². The molecule has 3 aromatic rings. The van der Waals surface area contributed by atoms with Crippen molar-refractivity contribution in [1.29, 1.82) is 0 Å². The van der Waals surface area contributed by atoms with Crippen LogP contribution >= 0.6 is 11.6 Å². The van der Waals surface area contributed by atoms with Crippen LogP contribution in [0.3, 0.4) is 0 Å². The summed E-state index contributed by atoms with van der Waals surface area (Å²) in [6.07, 6.45) is 6.25. The van der Waals surface area contributed by atoms with E-state index in [-0.39, 0.29) is 0 Å². The number of aryl methyl sites for hydroxylation is 3. The Morgan fingerprint density at radius 3 is 2.50 bits per heavy atom. The summed E-state index contributed by atoms with van der Waals surface area (Å²) in [5.41, 5.74) is 6.13. The predicted molar refractivity (Wildman–Crippen MR) is 143 cm³/mol. The average molecular weight is 484 g/mol. The van der Waals surface area contributed by atoms with Gasteiger partial charge in [-0.1, -0.05) is 44.9 Å². The first kappa shape index (κ1) is 26.0. The number of hydrogen-bond donors (Lipinski definition) is 3. The number of piperidine rings is 1. The Labute approximate surface area is 208 Å². The summed E-state index contributed by atoms with van der Waals surface area (Å²) in [6.45, 7) is 12.7. The highest BCUT2D eigenvalue weighted by Crippen LogP contribution is 2.35. The number of aromatic amines is 1. The van der Waals surface area contributed by atoms with Gasteiger partial charge in [0.2, 0.25) is 5.95 Å². The van der Waals surface area contributed by atoms with E-state index in [0.29, 0.717) is 28.5 Å². The minimum Gasteiger partial charge on any atom is -0.324 e. The molecule has 1 aliphatic heterocycles. The van der Waals surface area contributed by atoms with Crippen LogP contribution in [-0.4, -0.2) is 45.2 Å². The highest BCUT2D eigenvalue weighted by atomic mass is 35.5. The van der Waals surface area contributed by atoms with E-state index in [1.807, 2.05) is 26.8 Å². The molecule has 1 aromatic carbocycles. The van der Waals surface area contributed by atoms with Gasteiger partial charge in [0.05, 0.1) is 6.20 Å². The van der Waals surface area contributed by atoms with E-state index in [9.17, 15) is 0 Å². The monoisotopic (exact) mass is 483 g/mol. The minimum atomic E-state index is 0.442. The Morgan fingerprint density at radius 1 is 1.12 bits per heavy atom. The Kier molecular flexibility index (Phi) is 9.30. The van der Waals surface area contributed by atoms with Crippen molar-refractivity contribution in [3.8, 4) is 0 Å². The molecule has 0 amide bonds. The maximum atomic E-state index is 6.31. The molecule has 8 heteroatoms. The van der Waals surface area contributed by atoms with Crippen LogP contribution in [0.15, 0.2) is 24.4 Å². The summed E-state index contributed by atoms with van der Waals surface area (Å²) in [4.78, 5) is 11.4. The first-order valence-corrected chi connectivity index (χ1v) is 12.7. The molecule has 1 saturated heterocycles. The molecule has 184 valence electrons. The Hall–Kier alpha value is -2.64. The molecule has 2 aromatic heterocycles. The first-order chi connectivity index (χ1) is 16.4. The number of benzene rings is 1. The number of likely N-dealkylation sites (tertiary alicyclic amines) is 1. The average Bonchev–Trinajstić information content (AvgIpc) is 3.24. The molecule has 3 N–H and O–H groups in total. The van der Waals surface area contributed by atoms with Crippen LogP contribution in [0.4, 0.5) is 23.3 Å². The second kappa shape index (κ2) is 12.2. The van der Waals surface area contributed by atoms with Crippen molar-refractivity contribution in [2.45, 2.75) is 66.2 Å². The molecule has 0 unspecified atom stereocenters. The standard InChI is InChI=1S/C24H32ClN7.C2H6/c1-5-6-18-13-21(15(2)11-19(18)17-7-9-32(4)10-8-17)27-24-26-14-20(25)23(29-24)28-22-12-16(3)30-31-22;1-2/h11-14,17H,5-10H2,1-4H3,(H3,26,27,28,29,30,31);1-2H3. The molecule has 0 atom stereocenters. The molecule has 0 radical (unpaired) electrons. The lowest BCUT2D eigenvalue weighted by Crippen LogP contribution is -2.29. The van der Waals surface area contributed by atoms with Crippen molar-refractivity contribution in [2.24, 2.45) is 0 Å². The number of H-pyrrole nitrogens is 1. The summed E-state index contributed by atoms with van der Waals surface area (Å²) < 4.78 is 0. The van der Waals surface area contributed by atoms with Crippen LogP contribution in [0.5, 0.6) is 0 Å². The second-order valence-electron chi connectivity index (χ2n) is 8.77. The van der Waals surface area contributed by atoms with Gasteiger partial charge in [-0.15, -0.1) is 0 Å². The molecule has 34 heavy (non-hydrogen) atoms. The number of rotatable bonds is 7. The first-order valence-electron chi connectivity index (χ1n) is 12.3. The largest absolute Gasteiger partial charge is 0.324 e. The zero-order valence-corrected chi connectivity index (χ0v) is 22.1. The van der Waals surface area contributed by atoms with E-state index in [4.69, 9.17) is 11.6 Å². The van der Waals surface area contributed by atoms with Crippen LogP contribution in [0, 0.1) is 13.8 Å². The van der Waals surface area contributed by atoms with E-state index in [1.54, 1.807) is 6.20 Å². The van der Waals surface area contributed by atoms with Gasteiger partial charge in [0, 0.05) is 17.4 Å². The van der Waals surface area contributed by atoms with Gasteiger partial charge in [0.1, 0.15) is 5.02 Å². The number of nitrogens with zero attached hydrogens (tertiary/aromatic N) is 4. The van der Waals surface area contributed by atoms with Crippen LogP contribution in [-0.2, 0) is 6.42 Å². The minimum absolute atomic E-state index is 0.442. The van der Waals surface area contributed by atoms with Gasteiger partial charge in [-0.2, -0.15) is 10.1 Å². The maximum Gasteiger partial charge on any atom is 0.229 e. The molecule has 3 heterocycles. The highest BCUT2D eigenvalue weighted by molar-refractivity contribution is 6.32. The number of nitrogens with one attached hydrogen (secondary N) is 3. The summed E-state index contributed by atoms with van der Waals surface area (Å²) in [7, 11) is 2.21. The molecule has 0 saturated carbocycles. The molecule has 7 nitrogen and oxygen atoms in total. The Balaban J connectivity index is 0.00000158. The molecule has 1 aliphatic rings. The van der Waals surface area contributed by atoms with Gasteiger partial charge in [-0.25, -0.2) is 4.98 Å². The van der Waals surface area contributed by atoms with Crippen LogP contribution in [0.25, 0.3) is 0 Å². The van der Waals surface area contributed by atoms with Gasteiger partial charge in [0.25, 0.3) is 0 Å². The maximum absolute atomic E-state index is 6.31. The summed E-state index contributed by atoms with van der Waals surface area (Å²) >= 11 is 6.31. The zero-order valence-electron chi connectivity index (χ0n) is 21.3. The fraction of sp³-hybridized carbons (Fsp3) is 0.500. The molecule has 1 fully saturated rings. The number of aromatic nitrogens is 4. The number of halogens is 1. The zero-order chi connectivity index (χ0) is 24.7. The van der Waals surface area contributed by atoms with Gasteiger partial charge in [0.15, 0.2) is 11.6 Å². The van der Waals surface area contributed by atoms with Gasteiger partial charge >= 0.3 is 0 Å². The molecular formula is C26H38ClN7. The number of hydrogen-bond acceptors (Lipinski definition) is 6. The van der Waals surface area contributed by atoms with Gasteiger partial charge < -0.3 is 15.5 Å². The van der Waals surface area contributed by atoms with Crippen molar-refractivity contribution < 1.29 is 0 Å². The third-order valence-electron chi connectivity index (χ3n) is 6.11. The SMILES string of the molecule is CC.CCCc1cc(Nc2ncc(Cl)c(Nc3cc(C)[nH]n3)n2)c(C)cc1C1CCN(C)CC1. The quantitative estimate of drug-likeness (QED) is 0.345. The van der Waals surface area contributed by atoms with Gasteiger partial charge in [-0.3, -0.25) is 5.10 Å². The van der Waals surface area contributed by atoms with Crippen molar-refractivity contribution in [2.75, 3.05) is 30.8 Å².